The number of Topliss-reactive ketones (excluding diaryl/α,β-unsaturated/α-hetero) is 2. The molecule has 0 heterocycles. The van der Waals surface area contributed by atoms with Gasteiger partial charge in [-0.15, -0.1) is 0 Å². The van der Waals surface area contributed by atoms with Crippen molar-refractivity contribution in [2.45, 2.75) is 40.0 Å². The monoisotopic (exact) mass is 281 g/mol. The van der Waals surface area contributed by atoms with E-state index in [9.17, 15) is 14.4 Å². The van der Waals surface area contributed by atoms with Crippen LogP contribution in [0.2, 0.25) is 0 Å². The minimum atomic E-state index is -0.274. The molecule has 2 atom stereocenters. The van der Waals surface area contributed by atoms with E-state index >= 15 is 0 Å². The highest BCUT2D eigenvalue weighted by atomic mass is 16.3. The van der Waals surface area contributed by atoms with E-state index in [1.54, 1.807) is 20.8 Å². The highest BCUT2D eigenvalue weighted by Gasteiger charge is 2.35. The Morgan fingerprint density at radius 3 is 2.40 bits per heavy atom. The second-order valence-electron chi connectivity index (χ2n) is 5.34. The molecule has 20 heavy (non-hydrogen) atoms. The third kappa shape index (κ3) is 3.76. The maximum Gasteiger partial charge on any atom is 0.220 e. The Hall–Kier alpha value is -1.49. The normalized spacial score (nSPS) is 23.2. The van der Waals surface area contributed by atoms with Gasteiger partial charge in [-0.2, -0.15) is 0 Å². The van der Waals surface area contributed by atoms with E-state index in [-0.39, 0.29) is 42.5 Å². The SMILES string of the molecule is CC1=C(CCCC(=O)NCCO)C(=O)C(C)C(C)C1=O. The minimum absolute atomic E-state index is 0.0327. The Bertz CT molecular complexity index is 439. The van der Waals surface area contributed by atoms with E-state index in [2.05, 4.69) is 5.32 Å². The third-order valence-corrected chi connectivity index (χ3v) is 3.96. The van der Waals surface area contributed by atoms with Crippen LogP contribution >= 0.6 is 0 Å². The third-order valence-electron chi connectivity index (χ3n) is 3.96. The number of hydrogen-bond acceptors (Lipinski definition) is 4. The summed E-state index contributed by atoms with van der Waals surface area (Å²) in [6.07, 6.45) is 1.28. The van der Waals surface area contributed by atoms with E-state index in [1.807, 2.05) is 0 Å². The van der Waals surface area contributed by atoms with Gasteiger partial charge in [-0.25, -0.2) is 0 Å². The molecule has 1 amide bonds. The molecular weight excluding hydrogens is 258 g/mol. The Morgan fingerprint density at radius 1 is 1.20 bits per heavy atom. The molecular formula is C15H23NO4. The van der Waals surface area contributed by atoms with Crippen LogP contribution in [-0.4, -0.2) is 35.7 Å². The van der Waals surface area contributed by atoms with Crippen LogP contribution in [0.5, 0.6) is 0 Å². The molecule has 0 radical (unpaired) electrons. The maximum atomic E-state index is 12.2. The number of aliphatic hydroxyl groups is 1. The largest absolute Gasteiger partial charge is 0.395 e. The van der Waals surface area contributed by atoms with Gasteiger partial charge in [-0.3, -0.25) is 14.4 Å². The predicted octanol–water partition coefficient (Wildman–Crippen LogP) is 1.01. The number of carbonyl (C=O) groups is 3. The van der Waals surface area contributed by atoms with Crippen molar-refractivity contribution in [1.82, 2.24) is 5.32 Å². The summed E-state index contributed by atoms with van der Waals surface area (Å²) >= 11 is 0. The van der Waals surface area contributed by atoms with Gasteiger partial charge in [0.2, 0.25) is 5.91 Å². The molecule has 2 N–H and O–H groups in total. The van der Waals surface area contributed by atoms with Crippen molar-refractivity contribution < 1.29 is 19.5 Å². The second-order valence-corrected chi connectivity index (χ2v) is 5.34. The van der Waals surface area contributed by atoms with Crippen LogP contribution in [-0.2, 0) is 14.4 Å². The van der Waals surface area contributed by atoms with Gasteiger partial charge in [-0.1, -0.05) is 13.8 Å². The van der Waals surface area contributed by atoms with Crippen LogP contribution in [0.1, 0.15) is 40.0 Å². The van der Waals surface area contributed by atoms with Crippen LogP contribution in [0, 0.1) is 11.8 Å². The molecule has 5 nitrogen and oxygen atoms in total. The van der Waals surface area contributed by atoms with Gasteiger partial charge in [0.1, 0.15) is 0 Å². The van der Waals surface area contributed by atoms with Crippen molar-refractivity contribution in [3.05, 3.63) is 11.1 Å². The zero-order valence-electron chi connectivity index (χ0n) is 12.4. The molecule has 0 bridgehead atoms. The Morgan fingerprint density at radius 2 is 1.80 bits per heavy atom. The van der Waals surface area contributed by atoms with E-state index < -0.39 is 0 Å². The van der Waals surface area contributed by atoms with E-state index in [1.165, 1.54) is 0 Å². The molecule has 0 fully saturated rings. The molecule has 5 heteroatoms. The lowest BCUT2D eigenvalue weighted by Crippen LogP contribution is -2.34. The van der Waals surface area contributed by atoms with Gasteiger partial charge < -0.3 is 10.4 Å². The second kappa shape index (κ2) is 7.33. The number of aliphatic hydroxyl groups excluding tert-OH is 1. The first kappa shape index (κ1) is 16.6. The standard InChI is InChI=1S/C15H23NO4/c1-9-10(2)15(20)12(11(3)14(9)19)5-4-6-13(18)16-7-8-17/h9-10,17H,4-8H2,1-3H3,(H,16,18). The van der Waals surface area contributed by atoms with Crippen molar-refractivity contribution in [3.63, 3.8) is 0 Å². The maximum absolute atomic E-state index is 12.2. The van der Waals surface area contributed by atoms with Gasteiger partial charge in [0, 0.05) is 30.4 Å². The molecule has 0 aromatic heterocycles. The topological polar surface area (TPSA) is 83.5 Å². The molecule has 1 rings (SSSR count). The van der Waals surface area contributed by atoms with Gasteiger partial charge >= 0.3 is 0 Å². The fourth-order valence-electron chi connectivity index (χ4n) is 2.42. The molecule has 0 spiro atoms. The van der Waals surface area contributed by atoms with Crippen LogP contribution < -0.4 is 5.32 Å². The van der Waals surface area contributed by atoms with E-state index in [0.29, 0.717) is 30.4 Å². The summed E-state index contributed by atoms with van der Waals surface area (Å²) in [5, 5.41) is 11.2. The number of hydrogen-bond donors (Lipinski definition) is 2. The molecule has 0 saturated heterocycles. The Labute approximate surface area is 119 Å². The molecule has 0 saturated carbocycles. The number of ketones is 2. The zero-order chi connectivity index (χ0) is 15.3. The lowest BCUT2D eigenvalue weighted by molar-refractivity contribution is -0.129. The summed E-state index contributed by atoms with van der Waals surface area (Å²) in [5.74, 6) is -0.598. The minimum Gasteiger partial charge on any atom is -0.395 e. The summed E-state index contributed by atoms with van der Waals surface area (Å²) in [4.78, 5) is 35.6. The van der Waals surface area contributed by atoms with Gasteiger partial charge in [0.25, 0.3) is 0 Å². The predicted molar refractivity (Wildman–Crippen MR) is 75.0 cm³/mol. The average Bonchev–Trinajstić information content (AvgIpc) is 2.44. The van der Waals surface area contributed by atoms with Gasteiger partial charge in [0.15, 0.2) is 11.6 Å². The van der Waals surface area contributed by atoms with Crippen LogP contribution in [0.25, 0.3) is 0 Å². The van der Waals surface area contributed by atoms with E-state index in [0.717, 1.165) is 0 Å². The summed E-state index contributed by atoms with van der Waals surface area (Å²) in [6.45, 7) is 5.42. The summed E-state index contributed by atoms with van der Waals surface area (Å²) in [6, 6.07) is 0. The fraction of sp³-hybridized carbons (Fsp3) is 0.667. The molecule has 2 unspecified atom stereocenters. The number of nitrogens with one attached hydrogen (secondary N) is 1. The first-order valence-electron chi connectivity index (χ1n) is 7.05. The molecule has 0 aromatic rings. The van der Waals surface area contributed by atoms with Gasteiger partial charge in [-0.05, 0) is 25.3 Å². The number of carbonyl (C=O) groups excluding carboxylic acids is 3. The first-order chi connectivity index (χ1) is 9.40. The van der Waals surface area contributed by atoms with Crippen molar-refractivity contribution in [1.29, 1.82) is 0 Å². The smallest absolute Gasteiger partial charge is 0.220 e. The average molecular weight is 281 g/mol. The van der Waals surface area contributed by atoms with Crippen molar-refractivity contribution in [2.24, 2.45) is 11.8 Å². The van der Waals surface area contributed by atoms with Crippen molar-refractivity contribution in [2.75, 3.05) is 13.2 Å². The highest BCUT2D eigenvalue weighted by molar-refractivity contribution is 6.13. The Kier molecular flexibility index (Phi) is 6.07. The summed E-state index contributed by atoms with van der Waals surface area (Å²) in [7, 11) is 0. The van der Waals surface area contributed by atoms with Crippen LogP contribution in [0.3, 0.4) is 0 Å². The Balaban J connectivity index is 2.60. The van der Waals surface area contributed by atoms with Crippen molar-refractivity contribution in [3.8, 4) is 0 Å². The molecule has 0 aromatic carbocycles. The zero-order valence-corrected chi connectivity index (χ0v) is 12.4. The lowest BCUT2D eigenvalue weighted by atomic mass is 9.75. The molecule has 0 aliphatic heterocycles. The lowest BCUT2D eigenvalue weighted by Gasteiger charge is -2.26. The van der Waals surface area contributed by atoms with Crippen molar-refractivity contribution >= 4 is 17.5 Å². The number of rotatable bonds is 6. The molecule has 1 aliphatic rings. The molecule has 112 valence electrons. The van der Waals surface area contributed by atoms with Gasteiger partial charge in [0.05, 0.1) is 6.61 Å². The summed E-state index contributed by atoms with van der Waals surface area (Å²) < 4.78 is 0. The highest BCUT2D eigenvalue weighted by Crippen LogP contribution is 2.30. The first-order valence-corrected chi connectivity index (χ1v) is 7.05. The fourth-order valence-corrected chi connectivity index (χ4v) is 2.42. The van der Waals surface area contributed by atoms with Crippen LogP contribution in [0.15, 0.2) is 11.1 Å². The van der Waals surface area contributed by atoms with Crippen LogP contribution in [0.4, 0.5) is 0 Å². The molecule has 1 aliphatic carbocycles. The quantitative estimate of drug-likeness (QED) is 0.761. The number of allylic oxidation sites excluding steroid dienone is 2. The van der Waals surface area contributed by atoms with E-state index in [4.69, 9.17) is 5.11 Å². The summed E-state index contributed by atoms with van der Waals surface area (Å²) in [5.41, 5.74) is 1.13. The number of amides is 1.